The number of hydrogen-bond acceptors (Lipinski definition) is 3. The molecule has 110 valence electrons. The van der Waals surface area contributed by atoms with E-state index in [9.17, 15) is 4.79 Å². The Morgan fingerprint density at radius 2 is 1.90 bits per heavy atom. The molecule has 2 aromatic rings. The Morgan fingerprint density at radius 3 is 2.52 bits per heavy atom. The van der Waals surface area contributed by atoms with Gasteiger partial charge in [-0.15, -0.1) is 0 Å². The number of rotatable bonds is 5. The number of ether oxygens (including phenoxy) is 1. The van der Waals surface area contributed by atoms with E-state index < -0.39 is 0 Å². The van der Waals surface area contributed by atoms with Crippen molar-refractivity contribution in [2.45, 2.75) is 6.92 Å². The monoisotopic (exact) mass is 304 g/mol. The molecule has 1 amide bonds. The Labute approximate surface area is 129 Å². The van der Waals surface area contributed by atoms with Gasteiger partial charge < -0.3 is 15.4 Å². The summed E-state index contributed by atoms with van der Waals surface area (Å²) >= 11 is 5.98. The minimum Gasteiger partial charge on any atom is -0.497 e. The fraction of sp³-hybridized carbons (Fsp3) is 0.188. The molecule has 0 aromatic heterocycles. The Hall–Kier alpha value is -2.20. The van der Waals surface area contributed by atoms with Crippen LogP contribution in [0.15, 0.2) is 42.5 Å². The van der Waals surface area contributed by atoms with E-state index in [4.69, 9.17) is 16.3 Å². The van der Waals surface area contributed by atoms with Crippen LogP contribution in [0.2, 0.25) is 5.02 Å². The third-order valence-electron chi connectivity index (χ3n) is 2.94. The van der Waals surface area contributed by atoms with Crippen molar-refractivity contribution in [3.05, 3.63) is 53.1 Å². The van der Waals surface area contributed by atoms with Crippen molar-refractivity contribution >= 4 is 28.9 Å². The molecule has 0 aliphatic rings. The lowest BCUT2D eigenvalue weighted by Crippen LogP contribution is -2.14. The minimum atomic E-state index is -0.210. The summed E-state index contributed by atoms with van der Waals surface area (Å²) in [6.07, 6.45) is 0. The van der Waals surface area contributed by atoms with Crippen LogP contribution in [0, 0.1) is 0 Å². The van der Waals surface area contributed by atoms with E-state index in [1.807, 2.05) is 6.92 Å². The Morgan fingerprint density at radius 1 is 1.19 bits per heavy atom. The number of nitrogens with one attached hydrogen (secondary N) is 2. The van der Waals surface area contributed by atoms with Crippen LogP contribution in [0.5, 0.6) is 5.75 Å². The highest BCUT2D eigenvalue weighted by molar-refractivity contribution is 6.31. The average Bonchev–Trinajstić information content (AvgIpc) is 2.50. The van der Waals surface area contributed by atoms with Crippen molar-refractivity contribution < 1.29 is 9.53 Å². The summed E-state index contributed by atoms with van der Waals surface area (Å²) in [7, 11) is 1.60. The quantitative estimate of drug-likeness (QED) is 0.876. The van der Waals surface area contributed by atoms with Gasteiger partial charge >= 0.3 is 0 Å². The molecule has 0 atom stereocenters. The number of anilines is 2. The molecule has 2 aromatic carbocycles. The minimum absolute atomic E-state index is 0.210. The molecular formula is C16H17ClN2O2. The molecule has 21 heavy (non-hydrogen) atoms. The van der Waals surface area contributed by atoms with Crippen LogP contribution < -0.4 is 15.4 Å². The summed E-state index contributed by atoms with van der Waals surface area (Å²) in [4.78, 5) is 12.4. The van der Waals surface area contributed by atoms with Gasteiger partial charge in [0.25, 0.3) is 5.91 Å². The third-order valence-corrected chi connectivity index (χ3v) is 3.18. The molecule has 2 rings (SSSR count). The topological polar surface area (TPSA) is 50.4 Å². The third kappa shape index (κ3) is 3.89. The van der Waals surface area contributed by atoms with Crippen LogP contribution in [0.1, 0.15) is 17.3 Å². The van der Waals surface area contributed by atoms with Gasteiger partial charge in [-0.05, 0) is 49.4 Å². The van der Waals surface area contributed by atoms with Gasteiger partial charge in [0.05, 0.1) is 12.7 Å². The maximum atomic E-state index is 12.4. The second-order valence-electron chi connectivity index (χ2n) is 4.40. The van der Waals surface area contributed by atoms with Crippen molar-refractivity contribution in [3.63, 3.8) is 0 Å². The van der Waals surface area contributed by atoms with E-state index in [0.29, 0.717) is 16.3 Å². The van der Waals surface area contributed by atoms with Crippen molar-refractivity contribution in [3.8, 4) is 5.75 Å². The number of halogens is 1. The number of carbonyl (C=O) groups excluding carboxylic acids is 1. The molecule has 0 aliphatic carbocycles. The van der Waals surface area contributed by atoms with Crippen molar-refractivity contribution in [2.75, 3.05) is 24.3 Å². The van der Waals surface area contributed by atoms with E-state index in [1.165, 1.54) is 0 Å². The van der Waals surface area contributed by atoms with Gasteiger partial charge in [0.2, 0.25) is 0 Å². The molecule has 4 nitrogen and oxygen atoms in total. The van der Waals surface area contributed by atoms with Crippen LogP contribution >= 0.6 is 11.6 Å². The summed E-state index contributed by atoms with van der Waals surface area (Å²) in [5, 5.41) is 6.52. The van der Waals surface area contributed by atoms with Crippen LogP contribution in [-0.4, -0.2) is 19.6 Å². The Balaban J connectivity index is 2.20. The summed E-state index contributed by atoms with van der Waals surface area (Å²) < 4.78 is 5.09. The second-order valence-corrected chi connectivity index (χ2v) is 4.84. The average molecular weight is 305 g/mol. The van der Waals surface area contributed by atoms with Gasteiger partial charge in [-0.3, -0.25) is 4.79 Å². The fourth-order valence-corrected chi connectivity index (χ4v) is 2.09. The number of amides is 1. The fourth-order valence-electron chi connectivity index (χ4n) is 1.92. The molecule has 5 heteroatoms. The first-order valence-electron chi connectivity index (χ1n) is 6.63. The van der Waals surface area contributed by atoms with Gasteiger partial charge in [0.15, 0.2) is 0 Å². The molecule has 0 radical (unpaired) electrons. The van der Waals surface area contributed by atoms with E-state index in [0.717, 1.165) is 18.0 Å². The van der Waals surface area contributed by atoms with Crippen molar-refractivity contribution in [1.82, 2.24) is 0 Å². The highest BCUT2D eigenvalue weighted by atomic mass is 35.5. The first-order valence-corrected chi connectivity index (χ1v) is 7.00. The predicted octanol–water partition coefficient (Wildman–Crippen LogP) is 4.03. The Bertz CT molecular complexity index is 627. The standard InChI is InChI=1S/C16H17ClN2O2/c1-3-18-15-9-4-11(17)10-14(15)16(20)19-12-5-7-13(21-2)8-6-12/h4-10,18H,3H2,1-2H3,(H,19,20). The lowest BCUT2D eigenvalue weighted by atomic mass is 10.1. The molecule has 0 aliphatic heterocycles. The van der Waals surface area contributed by atoms with Crippen LogP contribution in [0.4, 0.5) is 11.4 Å². The van der Waals surface area contributed by atoms with Crippen molar-refractivity contribution in [2.24, 2.45) is 0 Å². The SMILES string of the molecule is CCNc1ccc(Cl)cc1C(=O)Nc1ccc(OC)cc1. The first kappa shape index (κ1) is 15.2. The zero-order chi connectivity index (χ0) is 15.2. The molecule has 0 saturated carbocycles. The Kier molecular flexibility index (Phi) is 5.06. The van der Waals surface area contributed by atoms with E-state index >= 15 is 0 Å². The number of benzene rings is 2. The smallest absolute Gasteiger partial charge is 0.257 e. The largest absolute Gasteiger partial charge is 0.497 e. The summed E-state index contributed by atoms with van der Waals surface area (Å²) in [6.45, 7) is 2.70. The maximum Gasteiger partial charge on any atom is 0.257 e. The van der Waals surface area contributed by atoms with Crippen LogP contribution in [-0.2, 0) is 0 Å². The van der Waals surface area contributed by atoms with E-state index in [-0.39, 0.29) is 5.91 Å². The van der Waals surface area contributed by atoms with Gasteiger partial charge in [-0.25, -0.2) is 0 Å². The van der Waals surface area contributed by atoms with Crippen molar-refractivity contribution in [1.29, 1.82) is 0 Å². The lowest BCUT2D eigenvalue weighted by Gasteiger charge is -2.12. The predicted molar refractivity (Wildman–Crippen MR) is 86.6 cm³/mol. The first-order chi connectivity index (χ1) is 10.1. The van der Waals surface area contributed by atoms with E-state index in [1.54, 1.807) is 49.6 Å². The molecule has 2 N–H and O–H groups in total. The summed E-state index contributed by atoms with van der Waals surface area (Å²) in [6, 6.07) is 12.4. The molecule has 0 spiro atoms. The van der Waals surface area contributed by atoms with Crippen LogP contribution in [0.3, 0.4) is 0 Å². The van der Waals surface area contributed by atoms with Crippen LogP contribution in [0.25, 0.3) is 0 Å². The van der Waals surface area contributed by atoms with E-state index in [2.05, 4.69) is 10.6 Å². The number of carbonyl (C=O) groups is 1. The zero-order valence-electron chi connectivity index (χ0n) is 11.9. The number of hydrogen-bond donors (Lipinski definition) is 2. The van der Waals surface area contributed by atoms with Gasteiger partial charge in [0, 0.05) is 22.9 Å². The molecule has 0 unspecified atom stereocenters. The maximum absolute atomic E-state index is 12.4. The molecule has 0 bridgehead atoms. The molecule has 0 fully saturated rings. The summed E-state index contributed by atoms with van der Waals surface area (Å²) in [5.74, 6) is 0.530. The normalized spacial score (nSPS) is 10.0. The zero-order valence-corrected chi connectivity index (χ0v) is 12.7. The molecule has 0 saturated heterocycles. The van der Waals surface area contributed by atoms with Gasteiger partial charge in [-0.1, -0.05) is 11.6 Å². The molecule has 0 heterocycles. The number of methoxy groups -OCH3 is 1. The highest BCUT2D eigenvalue weighted by Crippen LogP contribution is 2.22. The van der Waals surface area contributed by atoms with Gasteiger partial charge in [-0.2, -0.15) is 0 Å². The summed E-state index contributed by atoms with van der Waals surface area (Å²) in [5.41, 5.74) is 1.97. The van der Waals surface area contributed by atoms with Gasteiger partial charge in [0.1, 0.15) is 5.75 Å². The lowest BCUT2D eigenvalue weighted by molar-refractivity contribution is 0.102. The highest BCUT2D eigenvalue weighted by Gasteiger charge is 2.12. The molecular weight excluding hydrogens is 288 g/mol. The second kappa shape index (κ2) is 6.99.